The van der Waals surface area contributed by atoms with Gasteiger partial charge in [-0.15, -0.1) is 0 Å². The molecule has 1 saturated heterocycles. The van der Waals surface area contributed by atoms with E-state index in [1.165, 1.54) is 12.1 Å². The van der Waals surface area contributed by atoms with Gasteiger partial charge in [-0.1, -0.05) is 44.0 Å². The molecule has 0 atom stereocenters. The number of fused-ring (bicyclic) bond motifs is 1. The molecule has 0 saturated carbocycles. The summed E-state index contributed by atoms with van der Waals surface area (Å²) in [7, 11) is 0. The Kier molecular flexibility index (Phi) is 6.31. The lowest BCUT2D eigenvalue weighted by atomic mass is 10.1. The number of imide groups is 2. The third kappa shape index (κ3) is 4.80. The van der Waals surface area contributed by atoms with Crippen LogP contribution in [-0.2, 0) is 16.2 Å². The molecule has 0 bridgehead atoms. The van der Waals surface area contributed by atoms with Gasteiger partial charge in [-0.2, -0.15) is 0 Å². The van der Waals surface area contributed by atoms with Crippen LogP contribution in [0, 0.1) is 0 Å². The molecule has 1 N–H and O–H groups in total. The van der Waals surface area contributed by atoms with E-state index in [4.69, 9.17) is 14.2 Å². The highest BCUT2D eigenvalue weighted by atomic mass is 79.9. The number of benzene rings is 3. The normalized spacial score (nSPS) is 16.0. The van der Waals surface area contributed by atoms with Gasteiger partial charge in [-0.05, 0) is 54.1 Å². The van der Waals surface area contributed by atoms with Gasteiger partial charge in [-0.25, -0.2) is 9.69 Å². The maximum Gasteiger partial charge on any atom is 0.335 e. The van der Waals surface area contributed by atoms with E-state index in [9.17, 15) is 14.4 Å². The van der Waals surface area contributed by atoms with Crippen LogP contribution < -0.4 is 24.4 Å². The summed E-state index contributed by atoms with van der Waals surface area (Å²) in [5.41, 5.74) is 1.47. The molecule has 0 unspecified atom stereocenters. The lowest BCUT2D eigenvalue weighted by Gasteiger charge is -2.26. The van der Waals surface area contributed by atoms with Crippen LogP contribution in [-0.4, -0.2) is 24.6 Å². The van der Waals surface area contributed by atoms with Crippen LogP contribution in [0.1, 0.15) is 11.1 Å². The Morgan fingerprint density at radius 3 is 2.46 bits per heavy atom. The standard InChI is InChI=1S/C25H16Br2N2O6/c26-16-3-1-14(2-4-16)12-33-20-7-5-17(27)9-15(20)10-19-23(30)28-25(32)29(24(19)31)18-6-8-21-22(11-18)35-13-34-21/h1-11H,12-13H2,(H,28,30,32)/b19-10+. The first kappa shape index (κ1) is 23.1. The molecule has 8 nitrogen and oxygen atoms in total. The van der Waals surface area contributed by atoms with E-state index in [2.05, 4.69) is 37.2 Å². The number of hydrogen-bond donors (Lipinski definition) is 1. The molecule has 176 valence electrons. The smallest absolute Gasteiger partial charge is 0.335 e. The Hall–Kier alpha value is -3.63. The fraction of sp³-hybridized carbons (Fsp3) is 0.0800. The summed E-state index contributed by atoms with van der Waals surface area (Å²) in [5, 5.41) is 2.22. The Balaban J connectivity index is 1.46. The van der Waals surface area contributed by atoms with E-state index < -0.39 is 17.8 Å². The molecule has 3 aromatic rings. The Morgan fingerprint density at radius 2 is 1.66 bits per heavy atom. The molecular weight excluding hydrogens is 584 g/mol. The molecule has 1 fully saturated rings. The predicted octanol–water partition coefficient (Wildman–Crippen LogP) is 5.19. The maximum absolute atomic E-state index is 13.3. The molecule has 4 amide bonds. The van der Waals surface area contributed by atoms with Gasteiger partial charge in [0.1, 0.15) is 17.9 Å². The number of urea groups is 1. The number of carbonyl (C=O) groups excluding carboxylic acids is 3. The van der Waals surface area contributed by atoms with Crippen LogP contribution in [0.25, 0.3) is 6.08 Å². The summed E-state index contributed by atoms with van der Waals surface area (Å²) >= 11 is 6.82. The second-order valence-electron chi connectivity index (χ2n) is 7.59. The zero-order valence-corrected chi connectivity index (χ0v) is 21.1. The van der Waals surface area contributed by atoms with Crippen LogP contribution in [0.3, 0.4) is 0 Å². The van der Waals surface area contributed by atoms with Gasteiger partial charge in [0.15, 0.2) is 11.5 Å². The summed E-state index contributed by atoms with van der Waals surface area (Å²) in [6, 6.07) is 16.7. The summed E-state index contributed by atoms with van der Waals surface area (Å²) in [4.78, 5) is 39.4. The van der Waals surface area contributed by atoms with Gasteiger partial charge in [0.05, 0.1) is 5.69 Å². The molecule has 35 heavy (non-hydrogen) atoms. The minimum absolute atomic E-state index is 0.0501. The van der Waals surface area contributed by atoms with Crippen molar-refractivity contribution < 1.29 is 28.6 Å². The third-order valence-electron chi connectivity index (χ3n) is 5.30. The van der Waals surface area contributed by atoms with Gasteiger partial charge in [0, 0.05) is 20.6 Å². The summed E-state index contributed by atoms with van der Waals surface area (Å²) in [5.74, 6) is -0.184. The fourth-order valence-electron chi connectivity index (χ4n) is 3.58. The average molecular weight is 600 g/mol. The number of hydrogen-bond acceptors (Lipinski definition) is 6. The summed E-state index contributed by atoms with van der Waals surface area (Å²) < 4.78 is 18.3. The average Bonchev–Trinajstić information content (AvgIpc) is 3.30. The first-order valence-electron chi connectivity index (χ1n) is 10.4. The van der Waals surface area contributed by atoms with Gasteiger partial charge >= 0.3 is 6.03 Å². The number of barbiturate groups is 1. The Labute approximate surface area is 216 Å². The molecular formula is C25H16Br2N2O6. The monoisotopic (exact) mass is 598 g/mol. The van der Waals surface area contributed by atoms with E-state index in [1.54, 1.807) is 30.3 Å². The zero-order chi connectivity index (χ0) is 24.5. The SMILES string of the molecule is O=C1NC(=O)N(c2ccc3c(c2)OCO3)C(=O)/C1=C/c1cc(Br)ccc1OCc1ccc(Br)cc1. The molecule has 0 aliphatic carbocycles. The minimum atomic E-state index is -0.850. The van der Waals surface area contributed by atoms with Gasteiger partial charge in [0.25, 0.3) is 11.8 Å². The van der Waals surface area contributed by atoms with Crippen LogP contribution >= 0.6 is 31.9 Å². The zero-order valence-electron chi connectivity index (χ0n) is 17.9. The predicted molar refractivity (Wildman–Crippen MR) is 134 cm³/mol. The molecule has 3 aromatic carbocycles. The third-order valence-corrected chi connectivity index (χ3v) is 6.32. The largest absolute Gasteiger partial charge is 0.488 e. The van der Waals surface area contributed by atoms with Gasteiger partial charge in [0.2, 0.25) is 6.79 Å². The van der Waals surface area contributed by atoms with Gasteiger partial charge in [-0.3, -0.25) is 14.9 Å². The van der Waals surface area contributed by atoms with Crippen LogP contribution in [0.15, 0.2) is 75.2 Å². The Morgan fingerprint density at radius 1 is 0.914 bits per heavy atom. The van der Waals surface area contributed by atoms with Crippen molar-refractivity contribution in [2.24, 2.45) is 0 Å². The number of carbonyl (C=O) groups is 3. The summed E-state index contributed by atoms with van der Waals surface area (Å²) in [6.45, 7) is 0.335. The van der Waals surface area contributed by atoms with Crippen LogP contribution in [0.5, 0.6) is 17.2 Å². The highest BCUT2D eigenvalue weighted by molar-refractivity contribution is 9.10. The molecule has 2 aliphatic heterocycles. The Bertz CT molecular complexity index is 1390. The minimum Gasteiger partial charge on any atom is -0.488 e. The highest BCUT2D eigenvalue weighted by Gasteiger charge is 2.37. The van der Waals surface area contributed by atoms with Crippen molar-refractivity contribution in [2.45, 2.75) is 6.61 Å². The van der Waals surface area contributed by atoms with Crippen LogP contribution in [0.2, 0.25) is 0 Å². The van der Waals surface area contributed by atoms with E-state index in [0.29, 0.717) is 22.8 Å². The fourth-order valence-corrected chi connectivity index (χ4v) is 4.22. The number of rotatable bonds is 5. The van der Waals surface area contributed by atoms with Crippen LogP contribution in [0.4, 0.5) is 10.5 Å². The lowest BCUT2D eigenvalue weighted by Crippen LogP contribution is -2.54. The number of halogens is 2. The second kappa shape index (κ2) is 9.55. The molecule has 5 rings (SSSR count). The lowest BCUT2D eigenvalue weighted by molar-refractivity contribution is -0.122. The number of amides is 4. The van der Waals surface area contributed by atoms with Crippen molar-refractivity contribution in [1.29, 1.82) is 0 Å². The maximum atomic E-state index is 13.3. The quantitative estimate of drug-likeness (QED) is 0.321. The van der Waals surface area contributed by atoms with Crippen molar-refractivity contribution in [3.8, 4) is 17.2 Å². The molecule has 0 aromatic heterocycles. The van der Waals surface area contributed by atoms with Crippen molar-refractivity contribution in [3.63, 3.8) is 0 Å². The second-order valence-corrected chi connectivity index (χ2v) is 9.42. The van der Waals surface area contributed by atoms with E-state index in [0.717, 1.165) is 19.4 Å². The first-order chi connectivity index (χ1) is 16.9. The van der Waals surface area contributed by atoms with Crippen molar-refractivity contribution >= 4 is 61.5 Å². The molecule has 2 heterocycles. The van der Waals surface area contributed by atoms with Gasteiger partial charge < -0.3 is 14.2 Å². The number of nitrogens with zero attached hydrogens (tertiary/aromatic N) is 1. The topological polar surface area (TPSA) is 94.2 Å². The van der Waals surface area contributed by atoms with Crippen molar-refractivity contribution in [3.05, 3.63) is 86.3 Å². The molecule has 2 aliphatic rings. The molecule has 0 spiro atoms. The highest BCUT2D eigenvalue weighted by Crippen LogP contribution is 2.36. The molecule has 10 heteroatoms. The van der Waals surface area contributed by atoms with Crippen molar-refractivity contribution in [2.75, 3.05) is 11.7 Å². The van der Waals surface area contributed by atoms with E-state index in [1.807, 2.05) is 24.3 Å². The number of nitrogens with one attached hydrogen (secondary N) is 1. The number of anilines is 1. The van der Waals surface area contributed by atoms with E-state index in [-0.39, 0.29) is 24.7 Å². The number of ether oxygens (including phenoxy) is 3. The van der Waals surface area contributed by atoms with E-state index >= 15 is 0 Å². The summed E-state index contributed by atoms with van der Waals surface area (Å²) in [6.07, 6.45) is 1.41. The molecule has 0 radical (unpaired) electrons. The first-order valence-corrected chi connectivity index (χ1v) is 12.0. The van der Waals surface area contributed by atoms with Crippen molar-refractivity contribution in [1.82, 2.24) is 5.32 Å².